The van der Waals surface area contributed by atoms with Crippen LogP contribution in [0.2, 0.25) is 5.15 Å². The molecule has 4 nitrogen and oxygen atoms in total. The van der Waals surface area contributed by atoms with Crippen LogP contribution in [0.1, 0.15) is 5.56 Å². The van der Waals surface area contributed by atoms with Gasteiger partial charge in [-0.3, -0.25) is 10.0 Å². The van der Waals surface area contributed by atoms with Gasteiger partial charge in [-0.1, -0.05) is 17.7 Å². The molecule has 0 fully saturated rings. The molecule has 0 aliphatic rings. The highest BCUT2D eigenvalue weighted by Gasteiger charge is 1.91. The van der Waals surface area contributed by atoms with E-state index < -0.39 is 5.91 Å². The summed E-state index contributed by atoms with van der Waals surface area (Å²) in [6.45, 7) is 0. The SMILES string of the molecule is O=C(/C=C/c1ccc(Cl)nc1)NO. The molecule has 1 rings (SSSR count). The van der Waals surface area contributed by atoms with Crippen LogP contribution in [0.25, 0.3) is 6.08 Å². The number of nitrogens with one attached hydrogen (secondary N) is 1. The van der Waals surface area contributed by atoms with Crippen LogP contribution in [0.5, 0.6) is 0 Å². The predicted octanol–water partition coefficient (Wildman–Crippen LogP) is 1.25. The fraction of sp³-hybridized carbons (Fsp3) is 0. The van der Waals surface area contributed by atoms with E-state index in [0.717, 1.165) is 5.56 Å². The second-order valence-corrected chi connectivity index (χ2v) is 2.61. The summed E-state index contributed by atoms with van der Waals surface area (Å²) >= 11 is 5.55. The number of carbonyl (C=O) groups is 1. The van der Waals surface area contributed by atoms with Crippen LogP contribution in [0.3, 0.4) is 0 Å². The predicted molar refractivity (Wildman–Crippen MR) is 48.2 cm³/mol. The highest BCUT2D eigenvalue weighted by atomic mass is 35.5. The molecule has 0 aliphatic heterocycles. The van der Waals surface area contributed by atoms with Crippen LogP contribution >= 0.6 is 11.6 Å². The van der Waals surface area contributed by atoms with Crippen molar-refractivity contribution < 1.29 is 10.0 Å². The van der Waals surface area contributed by atoms with Gasteiger partial charge in [0.05, 0.1) is 0 Å². The summed E-state index contributed by atoms with van der Waals surface area (Å²) in [5.41, 5.74) is 2.20. The Morgan fingerprint density at radius 3 is 2.92 bits per heavy atom. The molecule has 0 aromatic carbocycles. The number of hydrogen-bond acceptors (Lipinski definition) is 3. The molecule has 0 saturated carbocycles. The van der Waals surface area contributed by atoms with Gasteiger partial charge in [-0.2, -0.15) is 0 Å². The molecule has 0 spiro atoms. The maximum atomic E-state index is 10.6. The molecule has 1 aromatic rings. The summed E-state index contributed by atoms with van der Waals surface area (Å²) in [6.07, 6.45) is 4.21. The number of hydrogen-bond donors (Lipinski definition) is 2. The number of carbonyl (C=O) groups excluding carboxylic acids is 1. The molecule has 68 valence electrons. The zero-order chi connectivity index (χ0) is 9.68. The lowest BCUT2D eigenvalue weighted by molar-refractivity contribution is -0.124. The first-order valence-corrected chi connectivity index (χ1v) is 3.84. The Balaban J connectivity index is 2.69. The Morgan fingerprint density at radius 1 is 1.62 bits per heavy atom. The van der Waals surface area contributed by atoms with E-state index in [4.69, 9.17) is 16.8 Å². The highest BCUT2D eigenvalue weighted by Crippen LogP contribution is 2.06. The Labute approximate surface area is 79.8 Å². The van der Waals surface area contributed by atoms with Crippen LogP contribution in [0.15, 0.2) is 24.4 Å². The van der Waals surface area contributed by atoms with Crippen molar-refractivity contribution in [1.29, 1.82) is 0 Å². The normalized spacial score (nSPS) is 10.3. The molecular formula is C8H7ClN2O2. The van der Waals surface area contributed by atoms with E-state index in [1.54, 1.807) is 12.1 Å². The fourth-order valence-electron chi connectivity index (χ4n) is 0.695. The summed E-state index contributed by atoms with van der Waals surface area (Å²) in [5.74, 6) is -0.588. The summed E-state index contributed by atoms with van der Waals surface area (Å²) in [5, 5.41) is 8.56. The second-order valence-electron chi connectivity index (χ2n) is 2.22. The summed E-state index contributed by atoms with van der Waals surface area (Å²) < 4.78 is 0. The van der Waals surface area contributed by atoms with Crippen LogP contribution in [-0.2, 0) is 4.79 Å². The maximum Gasteiger partial charge on any atom is 0.267 e. The maximum absolute atomic E-state index is 10.6. The van der Waals surface area contributed by atoms with Crippen molar-refractivity contribution >= 4 is 23.6 Å². The van der Waals surface area contributed by atoms with Gasteiger partial charge in [-0.05, 0) is 17.7 Å². The minimum absolute atomic E-state index is 0.392. The Kier molecular flexibility index (Phi) is 3.42. The fourth-order valence-corrected chi connectivity index (χ4v) is 0.807. The molecule has 0 saturated heterocycles. The third kappa shape index (κ3) is 3.23. The van der Waals surface area contributed by atoms with Crippen molar-refractivity contribution in [2.24, 2.45) is 0 Å². The van der Waals surface area contributed by atoms with Crippen molar-refractivity contribution in [2.75, 3.05) is 0 Å². The average molecular weight is 199 g/mol. The Bertz CT molecular complexity index is 321. The van der Waals surface area contributed by atoms with Crippen molar-refractivity contribution in [3.8, 4) is 0 Å². The number of rotatable bonds is 2. The lowest BCUT2D eigenvalue weighted by atomic mass is 10.2. The summed E-state index contributed by atoms with van der Waals surface area (Å²) in [4.78, 5) is 14.4. The second kappa shape index (κ2) is 4.59. The van der Waals surface area contributed by atoms with E-state index in [2.05, 4.69) is 4.98 Å². The van der Waals surface area contributed by atoms with E-state index in [0.29, 0.717) is 5.15 Å². The summed E-state index contributed by atoms with van der Waals surface area (Å²) in [6, 6.07) is 3.31. The minimum Gasteiger partial charge on any atom is -0.288 e. The topological polar surface area (TPSA) is 62.2 Å². The number of pyridine rings is 1. The van der Waals surface area contributed by atoms with Gasteiger partial charge in [-0.25, -0.2) is 10.5 Å². The zero-order valence-electron chi connectivity index (χ0n) is 6.57. The lowest BCUT2D eigenvalue weighted by Crippen LogP contribution is -2.14. The molecule has 0 bridgehead atoms. The van der Waals surface area contributed by atoms with Crippen LogP contribution in [-0.4, -0.2) is 16.1 Å². The average Bonchev–Trinajstić information content (AvgIpc) is 2.16. The number of aromatic nitrogens is 1. The smallest absolute Gasteiger partial charge is 0.267 e. The van der Waals surface area contributed by atoms with Gasteiger partial charge in [0.15, 0.2) is 0 Å². The highest BCUT2D eigenvalue weighted by molar-refractivity contribution is 6.29. The van der Waals surface area contributed by atoms with E-state index in [-0.39, 0.29) is 0 Å². The Morgan fingerprint density at radius 2 is 2.38 bits per heavy atom. The quantitative estimate of drug-likeness (QED) is 0.326. The van der Waals surface area contributed by atoms with Crippen LogP contribution in [0, 0.1) is 0 Å². The minimum atomic E-state index is -0.588. The molecule has 5 heteroatoms. The van der Waals surface area contributed by atoms with Crippen molar-refractivity contribution in [2.45, 2.75) is 0 Å². The zero-order valence-corrected chi connectivity index (χ0v) is 7.32. The third-order valence-corrected chi connectivity index (χ3v) is 1.51. The van der Waals surface area contributed by atoms with Crippen LogP contribution in [0.4, 0.5) is 0 Å². The molecular weight excluding hydrogens is 192 g/mol. The van der Waals surface area contributed by atoms with Gasteiger partial charge in [-0.15, -0.1) is 0 Å². The molecule has 1 amide bonds. The molecule has 0 radical (unpaired) electrons. The van der Waals surface area contributed by atoms with E-state index in [9.17, 15) is 4.79 Å². The number of amides is 1. The van der Waals surface area contributed by atoms with E-state index in [1.165, 1.54) is 23.8 Å². The number of nitrogens with zero attached hydrogens (tertiary/aromatic N) is 1. The third-order valence-electron chi connectivity index (χ3n) is 1.29. The first-order valence-electron chi connectivity index (χ1n) is 3.46. The van der Waals surface area contributed by atoms with Crippen LogP contribution < -0.4 is 5.48 Å². The van der Waals surface area contributed by atoms with Gasteiger partial charge in [0, 0.05) is 12.3 Å². The molecule has 0 unspecified atom stereocenters. The van der Waals surface area contributed by atoms with Gasteiger partial charge < -0.3 is 0 Å². The largest absolute Gasteiger partial charge is 0.288 e. The van der Waals surface area contributed by atoms with E-state index in [1.807, 2.05) is 0 Å². The van der Waals surface area contributed by atoms with Gasteiger partial charge in [0.1, 0.15) is 5.15 Å². The summed E-state index contributed by atoms with van der Waals surface area (Å²) in [7, 11) is 0. The van der Waals surface area contributed by atoms with Crippen molar-refractivity contribution in [3.05, 3.63) is 35.1 Å². The first-order chi connectivity index (χ1) is 6.22. The monoisotopic (exact) mass is 198 g/mol. The molecule has 1 heterocycles. The van der Waals surface area contributed by atoms with Crippen molar-refractivity contribution in [3.63, 3.8) is 0 Å². The lowest BCUT2D eigenvalue weighted by Gasteiger charge is -1.92. The molecule has 0 atom stereocenters. The Hall–Kier alpha value is -1.39. The molecule has 0 aliphatic carbocycles. The standard InChI is InChI=1S/C8H7ClN2O2/c9-7-3-1-6(5-10-7)2-4-8(12)11-13/h1-5,13H,(H,11,12)/b4-2+. The van der Waals surface area contributed by atoms with Gasteiger partial charge in [0.2, 0.25) is 0 Å². The van der Waals surface area contributed by atoms with Gasteiger partial charge in [0.25, 0.3) is 5.91 Å². The molecule has 13 heavy (non-hydrogen) atoms. The number of halogens is 1. The molecule has 2 N–H and O–H groups in total. The van der Waals surface area contributed by atoms with E-state index >= 15 is 0 Å². The molecule has 1 aromatic heterocycles. The van der Waals surface area contributed by atoms with Gasteiger partial charge >= 0.3 is 0 Å². The number of hydroxylamine groups is 1. The van der Waals surface area contributed by atoms with Crippen molar-refractivity contribution in [1.82, 2.24) is 10.5 Å². The first kappa shape index (κ1) is 9.70.